The normalized spacial score (nSPS) is 24.8. The van der Waals surface area contributed by atoms with E-state index in [1.165, 1.54) is 0 Å². The van der Waals surface area contributed by atoms with Gasteiger partial charge in [0.2, 0.25) is 5.91 Å². The lowest BCUT2D eigenvalue weighted by atomic mass is 9.87. The van der Waals surface area contributed by atoms with Crippen molar-refractivity contribution in [2.45, 2.75) is 147 Å². The number of methoxy groups -OCH3 is 1. The number of esters is 5. The van der Waals surface area contributed by atoms with Crippen molar-refractivity contribution in [3.63, 3.8) is 0 Å². The fraction of sp³-hybridized carbons (Fsp3) is 0.538. The highest BCUT2D eigenvalue weighted by Gasteiger charge is 2.60. The van der Waals surface area contributed by atoms with Crippen molar-refractivity contribution in [1.82, 2.24) is 5.32 Å². The number of aliphatic hydroxyl groups is 1. The summed E-state index contributed by atoms with van der Waals surface area (Å²) in [6.07, 6.45) is -13.8. The summed E-state index contributed by atoms with van der Waals surface area (Å²) >= 11 is 0. The Hall–Kier alpha value is -5.62. The molecule has 400 valence electrons. The summed E-state index contributed by atoms with van der Waals surface area (Å²) in [6.45, 7) is 9.35. The van der Waals surface area contributed by atoms with Gasteiger partial charge < -0.3 is 67.3 Å². The van der Waals surface area contributed by atoms with Crippen LogP contribution in [-0.4, -0.2) is 149 Å². The maximum atomic E-state index is 14.4. The number of hydrogen-bond donors (Lipinski definition) is 2. The third kappa shape index (κ3) is 18.4. The van der Waals surface area contributed by atoms with Crippen LogP contribution in [0.3, 0.4) is 0 Å². The average molecular weight is 1040 g/mol. The first kappa shape index (κ1) is 58.3. The predicted octanol–water partition coefficient (Wildman–Crippen LogP) is 4.33. The van der Waals surface area contributed by atoms with Crippen LogP contribution in [0.1, 0.15) is 50.8 Å². The van der Waals surface area contributed by atoms with Crippen molar-refractivity contribution in [3.8, 4) is 0 Å². The van der Waals surface area contributed by atoms with Gasteiger partial charge in [0.05, 0.1) is 46.0 Å². The van der Waals surface area contributed by atoms with Crippen LogP contribution in [0.4, 0.5) is 0 Å². The van der Waals surface area contributed by atoms with Gasteiger partial charge >= 0.3 is 29.8 Å². The molecule has 0 aromatic heterocycles. The van der Waals surface area contributed by atoms with Crippen molar-refractivity contribution in [3.05, 3.63) is 108 Å². The lowest BCUT2D eigenvalue weighted by Crippen LogP contribution is -2.70. The molecule has 0 spiro atoms. The fourth-order valence-electron chi connectivity index (χ4n) is 8.14. The molecule has 2 fully saturated rings. The highest BCUT2D eigenvalue weighted by molar-refractivity contribution is 6.76. The Kier molecular flexibility index (Phi) is 22.5. The van der Waals surface area contributed by atoms with E-state index in [2.05, 4.69) is 25.0 Å². The number of ether oxygens (including phenoxy) is 12. The molecule has 0 aliphatic carbocycles. The number of rotatable bonds is 26. The molecule has 3 aromatic carbocycles. The lowest BCUT2D eigenvalue weighted by Gasteiger charge is -2.49. The zero-order chi connectivity index (χ0) is 53.1. The first-order chi connectivity index (χ1) is 34.8. The number of carbonyl (C=O) groups is 6. The summed E-state index contributed by atoms with van der Waals surface area (Å²) in [6, 6.07) is 26.9. The number of aliphatic hydroxyl groups excluding tert-OH is 1. The van der Waals surface area contributed by atoms with Crippen LogP contribution in [0, 0.1) is 0 Å². The van der Waals surface area contributed by atoms with Crippen LogP contribution in [0.25, 0.3) is 0 Å². The molecule has 11 atom stereocenters. The second-order valence-electron chi connectivity index (χ2n) is 18.8. The standard InChI is InChI=1S/C52H69NO19Si/c1-33(54)64-30-42(69-35(3)56)46(70-36(4)57)47-44(53-43(58)32-62-27-37-18-12-9-13-19-37)40(68-34(2)55)26-52(72-47,51(60)61-5)67-31-41-45(59)48(65-28-38-20-14-10-15-21-38)49(66-29-39-22-16-11-17-23-39)50(71-41)63-24-25-73(6,7)8/h9-23,40-42,44-50,59H,24-32H2,1-8H3,(H,53,58)/t40-,41+,42+,44+,45+,46+,47+,48-,49+,50+,52+/m0/s1. The monoisotopic (exact) mass is 1040 g/mol. The second kappa shape index (κ2) is 28.2. The van der Waals surface area contributed by atoms with Crippen molar-refractivity contribution in [1.29, 1.82) is 0 Å². The molecule has 20 nitrogen and oxygen atoms in total. The number of nitrogens with one attached hydrogen (secondary N) is 1. The Morgan fingerprint density at radius 1 is 0.740 bits per heavy atom. The SMILES string of the molecule is COC(=O)[C@@]1(OC[C@H]2O[C@@H](OCC[Si](C)(C)C)[C@H](OCc3ccccc3)[C@@H](OCc3ccccc3)[C@@H]2O)C[C@H](OC(C)=O)[C@@H](NC(=O)COCc2ccccc2)[C@H]([C@H](OC(C)=O)[C@@H](COC(C)=O)OC(C)=O)O1. The first-order valence-corrected chi connectivity index (χ1v) is 27.7. The Balaban J connectivity index is 1.56. The summed E-state index contributed by atoms with van der Waals surface area (Å²) in [5.74, 6) is -8.17. The van der Waals surface area contributed by atoms with E-state index in [0.29, 0.717) is 0 Å². The van der Waals surface area contributed by atoms with Gasteiger partial charge in [-0.2, -0.15) is 0 Å². The van der Waals surface area contributed by atoms with Gasteiger partial charge in [0.1, 0.15) is 49.8 Å². The third-order valence-electron chi connectivity index (χ3n) is 11.6. The summed E-state index contributed by atoms with van der Waals surface area (Å²) in [5.41, 5.74) is 2.39. The first-order valence-electron chi connectivity index (χ1n) is 24.0. The molecule has 0 unspecified atom stereocenters. The zero-order valence-electron chi connectivity index (χ0n) is 42.6. The number of hydrogen-bond acceptors (Lipinski definition) is 19. The maximum absolute atomic E-state index is 14.4. The molecule has 2 heterocycles. The minimum absolute atomic E-state index is 0.0376. The zero-order valence-corrected chi connectivity index (χ0v) is 43.6. The minimum atomic E-state index is -2.64. The van der Waals surface area contributed by atoms with Crippen LogP contribution < -0.4 is 5.32 Å². The van der Waals surface area contributed by atoms with Gasteiger partial charge in [0.15, 0.2) is 18.5 Å². The van der Waals surface area contributed by atoms with Gasteiger partial charge in [-0.1, -0.05) is 111 Å². The third-order valence-corrected chi connectivity index (χ3v) is 13.3. The molecule has 0 bridgehead atoms. The molecule has 5 rings (SSSR count). The Labute approximate surface area is 426 Å². The molecule has 2 aliphatic rings. The highest BCUT2D eigenvalue weighted by atomic mass is 28.3. The van der Waals surface area contributed by atoms with E-state index in [1.54, 1.807) is 24.3 Å². The number of benzene rings is 3. The topological polar surface area (TPSA) is 245 Å². The van der Waals surface area contributed by atoms with Crippen LogP contribution in [0.5, 0.6) is 0 Å². The molecule has 73 heavy (non-hydrogen) atoms. The van der Waals surface area contributed by atoms with Gasteiger partial charge in [0.25, 0.3) is 5.79 Å². The van der Waals surface area contributed by atoms with Crippen molar-refractivity contribution >= 4 is 43.8 Å². The van der Waals surface area contributed by atoms with E-state index >= 15 is 0 Å². The minimum Gasteiger partial charge on any atom is -0.465 e. The molecule has 2 N–H and O–H groups in total. The Bertz CT molecular complexity index is 2230. The Morgan fingerprint density at radius 2 is 1.30 bits per heavy atom. The molecule has 3 aromatic rings. The van der Waals surface area contributed by atoms with Crippen LogP contribution in [0.2, 0.25) is 25.7 Å². The van der Waals surface area contributed by atoms with Gasteiger partial charge in [0, 0.05) is 42.4 Å². The maximum Gasteiger partial charge on any atom is 0.366 e. The largest absolute Gasteiger partial charge is 0.465 e. The van der Waals surface area contributed by atoms with Crippen LogP contribution in [0.15, 0.2) is 91.0 Å². The van der Waals surface area contributed by atoms with Crippen molar-refractivity contribution < 1.29 is 90.7 Å². The molecular weight excluding hydrogens is 971 g/mol. The van der Waals surface area contributed by atoms with E-state index in [0.717, 1.165) is 57.5 Å². The lowest BCUT2D eigenvalue weighted by molar-refractivity contribution is -0.346. The molecular formula is C52H69NO19Si. The fourth-order valence-corrected chi connectivity index (χ4v) is 8.87. The molecule has 1 amide bonds. The molecule has 21 heteroatoms. The summed E-state index contributed by atoms with van der Waals surface area (Å²) < 4.78 is 72.3. The van der Waals surface area contributed by atoms with Gasteiger partial charge in [-0.15, -0.1) is 0 Å². The number of amides is 1. The summed E-state index contributed by atoms with van der Waals surface area (Å²) in [7, 11) is -0.629. The van der Waals surface area contributed by atoms with E-state index in [1.807, 2.05) is 66.7 Å². The highest BCUT2D eigenvalue weighted by Crippen LogP contribution is 2.39. The predicted molar refractivity (Wildman–Crippen MR) is 260 cm³/mol. The van der Waals surface area contributed by atoms with E-state index < -0.39 is 137 Å². The molecule has 0 radical (unpaired) electrons. The van der Waals surface area contributed by atoms with E-state index in [4.69, 9.17) is 56.8 Å². The van der Waals surface area contributed by atoms with Crippen LogP contribution in [-0.2, 0) is 105 Å². The van der Waals surface area contributed by atoms with E-state index in [-0.39, 0.29) is 26.4 Å². The smallest absolute Gasteiger partial charge is 0.366 e. The van der Waals surface area contributed by atoms with Crippen LogP contribution >= 0.6 is 0 Å². The van der Waals surface area contributed by atoms with Crippen molar-refractivity contribution in [2.24, 2.45) is 0 Å². The molecule has 2 saturated heterocycles. The molecule has 2 aliphatic heterocycles. The quantitative estimate of drug-likeness (QED) is 0.0645. The van der Waals surface area contributed by atoms with Gasteiger partial charge in [-0.25, -0.2) is 4.79 Å². The van der Waals surface area contributed by atoms with E-state index in [9.17, 15) is 33.9 Å². The summed E-state index contributed by atoms with van der Waals surface area (Å²) in [4.78, 5) is 78.9. The summed E-state index contributed by atoms with van der Waals surface area (Å²) in [5, 5.41) is 15.0. The van der Waals surface area contributed by atoms with Gasteiger partial charge in [-0.05, 0) is 22.7 Å². The number of carbonyl (C=O) groups excluding carboxylic acids is 6. The van der Waals surface area contributed by atoms with Gasteiger partial charge in [-0.3, -0.25) is 24.0 Å². The molecule has 0 saturated carbocycles. The average Bonchev–Trinajstić information content (AvgIpc) is 3.34. The Morgan fingerprint density at radius 3 is 1.82 bits per heavy atom. The van der Waals surface area contributed by atoms with Crippen molar-refractivity contribution in [2.75, 3.05) is 33.5 Å². The second-order valence-corrected chi connectivity index (χ2v) is 24.4.